The number of primary amides is 1. The van der Waals surface area contributed by atoms with Crippen molar-refractivity contribution < 1.29 is 23.9 Å². The Hall–Kier alpha value is -3.35. The summed E-state index contributed by atoms with van der Waals surface area (Å²) in [6, 6.07) is 13.3. The van der Waals surface area contributed by atoms with Crippen LogP contribution >= 0.6 is 0 Å². The van der Waals surface area contributed by atoms with Crippen molar-refractivity contribution in [3.63, 3.8) is 0 Å². The Bertz CT molecular complexity index is 815. The molecule has 27 heavy (non-hydrogen) atoms. The monoisotopic (exact) mass is 370 g/mol. The quantitative estimate of drug-likeness (QED) is 0.728. The van der Waals surface area contributed by atoms with E-state index in [1.54, 1.807) is 19.1 Å². The van der Waals surface area contributed by atoms with Gasteiger partial charge in [-0.05, 0) is 57.2 Å². The lowest BCUT2D eigenvalue weighted by atomic mass is 10.2. The van der Waals surface area contributed by atoms with E-state index in [9.17, 15) is 14.4 Å². The molecule has 0 heterocycles. The van der Waals surface area contributed by atoms with Crippen LogP contribution in [0.4, 0.5) is 5.69 Å². The van der Waals surface area contributed by atoms with Gasteiger partial charge in [-0.25, -0.2) is 4.79 Å². The molecule has 0 aromatic heterocycles. The van der Waals surface area contributed by atoms with Crippen molar-refractivity contribution in [1.29, 1.82) is 0 Å². The Morgan fingerprint density at radius 2 is 1.52 bits per heavy atom. The molecule has 3 N–H and O–H groups in total. The van der Waals surface area contributed by atoms with E-state index in [0.29, 0.717) is 17.0 Å². The molecule has 142 valence electrons. The first-order valence-electron chi connectivity index (χ1n) is 8.41. The zero-order chi connectivity index (χ0) is 20.0. The smallest absolute Gasteiger partial charge is 0.347 e. The predicted octanol–water partition coefficient (Wildman–Crippen LogP) is 2.43. The fourth-order valence-electron chi connectivity index (χ4n) is 2.15. The summed E-state index contributed by atoms with van der Waals surface area (Å²) in [5.74, 6) is -1.17. The largest absolute Gasteiger partial charge is 0.479 e. The third-order valence-electron chi connectivity index (χ3n) is 3.76. The summed E-state index contributed by atoms with van der Waals surface area (Å²) >= 11 is 0. The third kappa shape index (κ3) is 5.85. The van der Waals surface area contributed by atoms with E-state index in [-0.39, 0.29) is 0 Å². The normalized spacial score (nSPS) is 12.6. The van der Waals surface area contributed by atoms with Crippen molar-refractivity contribution in [1.82, 2.24) is 0 Å². The Balaban J connectivity index is 1.87. The number of ether oxygens (including phenoxy) is 2. The van der Waals surface area contributed by atoms with Gasteiger partial charge in [0, 0.05) is 11.3 Å². The van der Waals surface area contributed by atoms with Crippen LogP contribution < -0.4 is 15.8 Å². The maximum absolute atomic E-state index is 12.2. The molecule has 0 fully saturated rings. The zero-order valence-electron chi connectivity index (χ0n) is 15.4. The van der Waals surface area contributed by atoms with E-state index in [2.05, 4.69) is 5.32 Å². The number of carbonyl (C=O) groups is 3. The van der Waals surface area contributed by atoms with Gasteiger partial charge in [-0.1, -0.05) is 17.7 Å². The second-order valence-electron chi connectivity index (χ2n) is 6.08. The van der Waals surface area contributed by atoms with Crippen molar-refractivity contribution in [3.8, 4) is 5.75 Å². The SMILES string of the molecule is Cc1ccc(O[C@H](C)C(=O)O[C@@H](C)C(=O)Nc2ccc(C(N)=O)cc2)cc1. The molecular weight excluding hydrogens is 348 g/mol. The Kier molecular flexibility index (Phi) is 6.54. The number of esters is 1. The molecule has 2 rings (SSSR count). The molecule has 0 bridgehead atoms. The van der Waals surface area contributed by atoms with Crippen LogP contribution in [0, 0.1) is 6.92 Å². The van der Waals surface area contributed by atoms with Gasteiger partial charge in [0.15, 0.2) is 12.2 Å². The van der Waals surface area contributed by atoms with Gasteiger partial charge in [-0.15, -0.1) is 0 Å². The predicted molar refractivity (Wildman–Crippen MR) is 100 cm³/mol. The molecular formula is C20H22N2O5. The average Bonchev–Trinajstić information content (AvgIpc) is 2.63. The summed E-state index contributed by atoms with van der Waals surface area (Å²) in [6.45, 7) is 4.96. The van der Waals surface area contributed by atoms with Gasteiger partial charge in [0.1, 0.15) is 5.75 Å². The first-order chi connectivity index (χ1) is 12.8. The molecule has 2 aromatic rings. The van der Waals surface area contributed by atoms with Gasteiger partial charge in [-0.2, -0.15) is 0 Å². The Morgan fingerprint density at radius 3 is 2.07 bits per heavy atom. The fourth-order valence-corrected chi connectivity index (χ4v) is 2.15. The second-order valence-corrected chi connectivity index (χ2v) is 6.08. The number of hydrogen-bond acceptors (Lipinski definition) is 5. The van der Waals surface area contributed by atoms with E-state index in [1.165, 1.54) is 31.2 Å². The Morgan fingerprint density at radius 1 is 0.926 bits per heavy atom. The summed E-state index contributed by atoms with van der Waals surface area (Å²) in [4.78, 5) is 35.3. The Labute approximate surface area is 157 Å². The van der Waals surface area contributed by atoms with Crippen molar-refractivity contribution >= 4 is 23.5 Å². The van der Waals surface area contributed by atoms with Gasteiger partial charge in [-0.3, -0.25) is 9.59 Å². The minimum atomic E-state index is -1.02. The molecule has 0 saturated heterocycles. The number of amides is 2. The average molecular weight is 370 g/mol. The standard InChI is InChI=1S/C20H22N2O5/c1-12-4-10-17(11-5-12)26-14(3)20(25)27-13(2)19(24)22-16-8-6-15(7-9-16)18(21)23/h4-11,13-14H,1-3H3,(H2,21,23)(H,22,24)/t13-,14+/m0/s1. The van der Waals surface area contributed by atoms with Crippen LogP contribution in [0.2, 0.25) is 0 Å². The van der Waals surface area contributed by atoms with E-state index in [0.717, 1.165) is 5.56 Å². The topological polar surface area (TPSA) is 108 Å². The fraction of sp³-hybridized carbons (Fsp3) is 0.250. The molecule has 7 heteroatoms. The highest BCUT2D eigenvalue weighted by Gasteiger charge is 2.23. The van der Waals surface area contributed by atoms with Gasteiger partial charge < -0.3 is 20.5 Å². The molecule has 2 aromatic carbocycles. The van der Waals surface area contributed by atoms with Crippen LogP contribution in [0.5, 0.6) is 5.75 Å². The highest BCUT2D eigenvalue weighted by atomic mass is 16.6. The molecule has 2 atom stereocenters. The maximum atomic E-state index is 12.2. The van der Waals surface area contributed by atoms with Crippen LogP contribution in [0.3, 0.4) is 0 Å². The third-order valence-corrected chi connectivity index (χ3v) is 3.76. The van der Waals surface area contributed by atoms with Gasteiger partial charge in [0.2, 0.25) is 5.91 Å². The first kappa shape index (κ1) is 20.0. The number of benzene rings is 2. The van der Waals surface area contributed by atoms with Crippen molar-refractivity contribution in [2.45, 2.75) is 33.0 Å². The molecule has 0 aliphatic rings. The van der Waals surface area contributed by atoms with Crippen molar-refractivity contribution in [3.05, 3.63) is 59.7 Å². The summed E-state index contributed by atoms with van der Waals surface area (Å²) < 4.78 is 10.7. The summed E-state index contributed by atoms with van der Waals surface area (Å²) in [6.07, 6.45) is -1.88. The highest BCUT2D eigenvalue weighted by molar-refractivity contribution is 5.96. The lowest BCUT2D eigenvalue weighted by molar-refractivity contribution is -0.159. The second kappa shape index (κ2) is 8.84. The molecule has 0 saturated carbocycles. The lowest BCUT2D eigenvalue weighted by Crippen LogP contribution is -2.35. The number of anilines is 1. The molecule has 0 radical (unpaired) electrons. The van der Waals surface area contributed by atoms with Crippen LogP contribution in [0.15, 0.2) is 48.5 Å². The van der Waals surface area contributed by atoms with Crippen LogP contribution in [-0.4, -0.2) is 30.0 Å². The van der Waals surface area contributed by atoms with E-state index < -0.39 is 30.0 Å². The summed E-state index contributed by atoms with van der Waals surface area (Å²) in [5.41, 5.74) is 7.02. The van der Waals surface area contributed by atoms with Crippen LogP contribution in [-0.2, 0) is 14.3 Å². The number of nitrogens with one attached hydrogen (secondary N) is 1. The minimum absolute atomic E-state index is 0.328. The van der Waals surface area contributed by atoms with E-state index in [4.69, 9.17) is 15.2 Å². The minimum Gasteiger partial charge on any atom is -0.479 e. The van der Waals surface area contributed by atoms with E-state index in [1.807, 2.05) is 19.1 Å². The van der Waals surface area contributed by atoms with E-state index >= 15 is 0 Å². The van der Waals surface area contributed by atoms with Crippen molar-refractivity contribution in [2.24, 2.45) is 5.73 Å². The molecule has 7 nitrogen and oxygen atoms in total. The number of carbonyl (C=O) groups excluding carboxylic acids is 3. The number of aryl methyl sites for hydroxylation is 1. The van der Waals surface area contributed by atoms with Gasteiger partial charge >= 0.3 is 5.97 Å². The number of hydrogen-bond donors (Lipinski definition) is 2. The molecule has 0 unspecified atom stereocenters. The first-order valence-corrected chi connectivity index (χ1v) is 8.41. The molecule has 0 spiro atoms. The number of nitrogens with two attached hydrogens (primary N) is 1. The molecule has 0 aliphatic carbocycles. The van der Waals surface area contributed by atoms with Crippen LogP contribution in [0.25, 0.3) is 0 Å². The summed E-state index contributed by atoms with van der Waals surface area (Å²) in [5, 5.41) is 2.60. The highest BCUT2D eigenvalue weighted by Crippen LogP contribution is 2.15. The van der Waals surface area contributed by atoms with Gasteiger partial charge in [0.05, 0.1) is 0 Å². The lowest BCUT2D eigenvalue weighted by Gasteiger charge is -2.18. The van der Waals surface area contributed by atoms with Crippen LogP contribution in [0.1, 0.15) is 29.8 Å². The van der Waals surface area contributed by atoms with Gasteiger partial charge in [0.25, 0.3) is 5.91 Å². The van der Waals surface area contributed by atoms with Crippen molar-refractivity contribution in [2.75, 3.05) is 5.32 Å². The maximum Gasteiger partial charge on any atom is 0.347 e. The molecule has 0 aliphatic heterocycles. The molecule has 2 amide bonds. The zero-order valence-corrected chi connectivity index (χ0v) is 15.4. The summed E-state index contributed by atoms with van der Waals surface area (Å²) in [7, 11) is 0. The number of rotatable bonds is 7.